The van der Waals surface area contributed by atoms with E-state index in [1.165, 1.54) is 11.3 Å². The van der Waals surface area contributed by atoms with E-state index in [2.05, 4.69) is 10.3 Å². The molecule has 0 unspecified atom stereocenters. The number of hydrogen-bond donors (Lipinski definition) is 3. The van der Waals surface area contributed by atoms with Crippen LogP contribution in [0.4, 0.5) is 5.13 Å². The summed E-state index contributed by atoms with van der Waals surface area (Å²) in [6, 6.07) is 11.1. The highest BCUT2D eigenvalue weighted by molar-refractivity contribution is 7.22. The number of nitrogens with one attached hydrogen (secondary N) is 1. The molecule has 0 bridgehead atoms. The van der Waals surface area contributed by atoms with Gasteiger partial charge in [-0.25, -0.2) is 4.98 Å². The molecule has 1 heterocycles. The third kappa shape index (κ3) is 4.23. The van der Waals surface area contributed by atoms with Gasteiger partial charge in [0.05, 0.1) is 11.3 Å². The number of terminal acetylenes is 1. The summed E-state index contributed by atoms with van der Waals surface area (Å²) >= 11 is 1.34. The van der Waals surface area contributed by atoms with E-state index in [4.69, 9.17) is 16.9 Å². The van der Waals surface area contributed by atoms with Gasteiger partial charge < -0.3 is 20.9 Å². The maximum atomic E-state index is 11.1. The van der Waals surface area contributed by atoms with Crippen molar-refractivity contribution in [3.05, 3.63) is 47.5 Å². The number of phenols is 1. The van der Waals surface area contributed by atoms with Gasteiger partial charge in [-0.1, -0.05) is 23.5 Å². The van der Waals surface area contributed by atoms with Crippen LogP contribution < -0.4 is 15.8 Å². The van der Waals surface area contributed by atoms with Crippen LogP contribution in [0.2, 0.25) is 0 Å². The van der Waals surface area contributed by atoms with E-state index in [-0.39, 0.29) is 5.75 Å². The number of nitrogens with two attached hydrogens (primary N) is 1. The minimum absolute atomic E-state index is 0.122. The van der Waals surface area contributed by atoms with Crippen molar-refractivity contribution in [3.8, 4) is 23.8 Å². The highest BCUT2D eigenvalue weighted by Gasteiger charge is 2.08. The number of nitrogen functional groups attached to an aromatic ring is 1. The summed E-state index contributed by atoms with van der Waals surface area (Å²) in [6.07, 6.45) is 5.64. The molecule has 3 aromatic rings. The van der Waals surface area contributed by atoms with Crippen molar-refractivity contribution in [2.45, 2.75) is 13.0 Å². The number of rotatable bonds is 6. The molecule has 4 N–H and O–H groups in total. The summed E-state index contributed by atoms with van der Waals surface area (Å²) in [4.78, 5) is 15.2. The third-order valence-electron chi connectivity index (χ3n) is 3.69. The minimum Gasteiger partial charge on any atom is -0.506 e. The average molecular weight is 367 g/mol. The number of phenolic OH excluding ortho intramolecular Hbond substituents is 1. The Morgan fingerprint density at radius 3 is 3.00 bits per heavy atom. The zero-order chi connectivity index (χ0) is 18.5. The van der Waals surface area contributed by atoms with Crippen molar-refractivity contribution in [2.24, 2.45) is 0 Å². The lowest BCUT2D eigenvalue weighted by Crippen LogP contribution is -2.20. The van der Waals surface area contributed by atoms with Crippen molar-refractivity contribution in [1.29, 1.82) is 0 Å². The molecule has 0 radical (unpaired) electrons. The Hall–Kier alpha value is -3.24. The number of ether oxygens (including phenoxy) is 1. The first-order valence-corrected chi connectivity index (χ1v) is 8.71. The van der Waals surface area contributed by atoms with E-state index < -0.39 is 5.91 Å². The number of anilines is 1. The van der Waals surface area contributed by atoms with Crippen molar-refractivity contribution in [2.75, 3.05) is 12.3 Å². The summed E-state index contributed by atoms with van der Waals surface area (Å²) < 4.78 is 6.62. The molecule has 6 nitrogen and oxygen atoms in total. The van der Waals surface area contributed by atoms with Gasteiger partial charge in [-0.3, -0.25) is 4.79 Å². The Morgan fingerprint density at radius 2 is 2.19 bits per heavy atom. The number of benzene rings is 2. The topological polar surface area (TPSA) is 97.5 Å². The molecule has 0 saturated heterocycles. The fourth-order valence-electron chi connectivity index (χ4n) is 2.49. The monoisotopic (exact) mass is 367 g/mol. The van der Waals surface area contributed by atoms with Crippen molar-refractivity contribution in [3.63, 3.8) is 0 Å². The van der Waals surface area contributed by atoms with Crippen LogP contribution in [0.25, 0.3) is 10.2 Å². The Bertz CT molecular complexity index is 991. The third-order valence-corrected chi connectivity index (χ3v) is 4.52. The molecule has 2 aromatic carbocycles. The van der Waals surface area contributed by atoms with Crippen LogP contribution in [0.3, 0.4) is 0 Å². The first-order chi connectivity index (χ1) is 12.5. The molecule has 1 aromatic heterocycles. The number of amides is 1. The van der Waals surface area contributed by atoms with Crippen LogP contribution in [0.5, 0.6) is 11.5 Å². The van der Waals surface area contributed by atoms with Crippen molar-refractivity contribution in [1.82, 2.24) is 10.3 Å². The van der Waals surface area contributed by atoms with Crippen LogP contribution in [0, 0.1) is 12.3 Å². The van der Waals surface area contributed by atoms with Gasteiger partial charge in [0.25, 0.3) is 5.91 Å². The highest BCUT2D eigenvalue weighted by atomic mass is 32.1. The Balaban J connectivity index is 1.59. The molecule has 0 fully saturated rings. The Labute approximate surface area is 154 Å². The number of thiazole rings is 1. The second kappa shape index (κ2) is 7.76. The van der Waals surface area contributed by atoms with Crippen molar-refractivity contribution >= 4 is 32.6 Å². The molecule has 0 aliphatic carbocycles. The first-order valence-electron chi connectivity index (χ1n) is 7.89. The lowest BCUT2D eigenvalue weighted by Gasteiger charge is -2.09. The van der Waals surface area contributed by atoms with E-state index in [9.17, 15) is 9.90 Å². The molecule has 0 aliphatic heterocycles. The molecule has 0 saturated carbocycles. The zero-order valence-corrected chi connectivity index (χ0v) is 14.7. The summed E-state index contributed by atoms with van der Waals surface area (Å²) in [5.74, 6) is 2.38. The average Bonchev–Trinajstić information content (AvgIpc) is 3.01. The summed E-state index contributed by atoms with van der Waals surface area (Å²) in [5.41, 5.74) is 8.05. The predicted molar refractivity (Wildman–Crippen MR) is 102 cm³/mol. The number of aromatic hydroxyl groups is 1. The number of nitrogens with zero attached hydrogens (tertiary/aromatic N) is 1. The molecule has 3 rings (SSSR count). The highest BCUT2D eigenvalue weighted by Crippen LogP contribution is 2.31. The summed E-state index contributed by atoms with van der Waals surface area (Å²) in [6.45, 7) is 0.789. The normalized spacial score (nSPS) is 10.4. The van der Waals surface area contributed by atoms with E-state index in [1.807, 2.05) is 36.3 Å². The van der Waals surface area contributed by atoms with Gasteiger partial charge in [-0.2, -0.15) is 0 Å². The first kappa shape index (κ1) is 17.6. The van der Waals surface area contributed by atoms with Gasteiger partial charge in [-0.05, 0) is 41.3 Å². The molecule has 0 spiro atoms. The molecule has 0 aliphatic rings. The van der Waals surface area contributed by atoms with Gasteiger partial charge in [0.15, 0.2) is 5.13 Å². The lowest BCUT2D eigenvalue weighted by molar-refractivity contribution is -0.115. The Morgan fingerprint density at radius 1 is 1.35 bits per heavy atom. The fourth-order valence-corrected chi connectivity index (χ4v) is 3.31. The van der Waals surface area contributed by atoms with Crippen LogP contribution in [0.15, 0.2) is 36.4 Å². The second-order valence-corrected chi connectivity index (χ2v) is 6.65. The van der Waals surface area contributed by atoms with Gasteiger partial charge in [0.2, 0.25) is 0 Å². The number of carbonyl (C=O) groups is 1. The van der Waals surface area contributed by atoms with Crippen LogP contribution in [-0.4, -0.2) is 22.6 Å². The van der Waals surface area contributed by atoms with Gasteiger partial charge in [0.1, 0.15) is 17.0 Å². The minimum atomic E-state index is -0.449. The fraction of sp³-hybridized carbons (Fsp3) is 0.158. The molecular formula is C19H17N3O3S. The summed E-state index contributed by atoms with van der Waals surface area (Å²) in [7, 11) is 0. The molecule has 132 valence electrons. The largest absolute Gasteiger partial charge is 0.506 e. The SMILES string of the molecule is C#CC(=O)NCc1cccc(OCCc2cc(O)c3nc(N)sc3c2)c1. The lowest BCUT2D eigenvalue weighted by atomic mass is 10.1. The molecule has 7 heteroatoms. The molecular weight excluding hydrogens is 350 g/mol. The van der Waals surface area contributed by atoms with Crippen LogP contribution in [-0.2, 0) is 17.8 Å². The number of hydrogen-bond acceptors (Lipinski definition) is 6. The van der Waals surface area contributed by atoms with E-state index in [0.717, 1.165) is 15.8 Å². The van der Waals surface area contributed by atoms with Crippen molar-refractivity contribution < 1.29 is 14.6 Å². The Kier molecular flexibility index (Phi) is 5.25. The standard InChI is InChI=1S/C19H17N3O3S/c1-2-17(24)21-11-13-4-3-5-14(8-13)25-7-6-12-9-15(23)18-16(10-12)26-19(20)22-18/h1,3-5,8-10,23H,6-7,11H2,(H2,20,22)(H,21,24). The second-order valence-electron chi connectivity index (χ2n) is 5.59. The molecule has 1 amide bonds. The van der Waals surface area contributed by atoms with Gasteiger partial charge in [-0.15, -0.1) is 6.42 Å². The smallest absolute Gasteiger partial charge is 0.295 e. The maximum absolute atomic E-state index is 11.1. The van der Waals surface area contributed by atoms with E-state index in [0.29, 0.717) is 36.0 Å². The zero-order valence-electron chi connectivity index (χ0n) is 13.9. The predicted octanol–water partition coefficient (Wildman–Crippen LogP) is 2.46. The van der Waals surface area contributed by atoms with Gasteiger partial charge >= 0.3 is 0 Å². The van der Waals surface area contributed by atoms with E-state index in [1.54, 1.807) is 6.07 Å². The van der Waals surface area contributed by atoms with Crippen LogP contribution >= 0.6 is 11.3 Å². The number of carbonyl (C=O) groups excluding carboxylic acids is 1. The summed E-state index contributed by atoms with van der Waals surface area (Å²) in [5, 5.41) is 13.1. The number of aromatic nitrogens is 1. The molecule has 26 heavy (non-hydrogen) atoms. The number of fused-ring (bicyclic) bond motifs is 1. The van der Waals surface area contributed by atoms with Gasteiger partial charge in [0, 0.05) is 13.0 Å². The van der Waals surface area contributed by atoms with E-state index >= 15 is 0 Å². The maximum Gasteiger partial charge on any atom is 0.295 e. The quantitative estimate of drug-likeness (QED) is 0.582. The molecule has 0 atom stereocenters. The van der Waals surface area contributed by atoms with Crippen LogP contribution in [0.1, 0.15) is 11.1 Å².